The van der Waals surface area contributed by atoms with Crippen LogP contribution in [0.3, 0.4) is 0 Å². The van der Waals surface area contributed by atoms with Crippen LogP contribution in [-0.4, -0.2) is 5.91 Å². The Morgan fingerprint density at radius 2 is 2.00 bits per heavy atom. The van der Waals surface area contributed by atoms with Gasteiger partial charge in [-0.25, -0.2) is 4.79 Å². The number of carbonyl (C=O) groups excluding carboxylic acids is 1. The van der Waals surface area contributed by atoms with E-state index >= 15 is 0 Å². The molecule has 1 aromatic carbocycles. The van der Waals surface area contributed by atoms with Crippen LogP contribution in [0.2, 0.25) is 0 Å². The smallest absolute Gasteiger partial charge is 0.417 e. The van der Waals surface area contributed by atoms with Crippen LogP contribution in [0.1, 0.15) is 5.56 Å². The molecule has 1 N–H and O–H groups in total. The zero-order valence-corrected chi connectivity index (χ0v) is 9.95. The Kier molecular flexibility index (Phi) is 3.35. The highest BCUT2D eigenvalue weighted by Crippen LogP contribution is 2.34. The van der Waals surface area contributed by atoms with Crippen molar-refractivity contribution in [2.75, 3.05) is 5.32 Å². The van der Waals surface area contributed by atoms with Crippen LogP contribution in [0.15, 0.2) is 46.1 Å². The summed E-state index contributed by atoms with van der Waals surface area (Å²) in [7, 11) is 0. The second kappa shape index (κ2) is 4.84. The number of halogens is 3. The van der Waals surface area contributed by atoms with Crippen LogP contribution in [0, 0.1) is 0 Å². The average Bonchev–Trinajstić information content (AvgIpc) is 2.36. The number of alkyl halides is 3. The first-order valence-electron chi connectivity index (χ1n) is 5.40. The lowest BCUT2D eigenvalue weighted by Crippen LogP contribution is -2.11. The normalized spacial score (nSPS) is 11.3. The van der Waals surface area contributed by atoms with Gasteiger partial charge < -0.3 is 9.73 Å². The summed E-state index contributed by atoms with van der Waals surface area (Å²) in [5.41, 5.74) is -2.25. The van der Waals surface area contributed by atoms with E-state index in [1.54, 1.807) is 0 Å². The van der Waals surface area contributed by atoms with Gasteiger partial charge in [-0.05, 0) is 18.2 Å². The van der Waals surface area contributed by atoms with Crippen molar-refractivity contribution >= 4 is 22.6 Å². The Bertz CT molecular complexity index is 747. The molecule has 1 heterocycles. The summed E-state index contributed by atoms with van der Waals surface area (Å²) in [4.78, 5) is 22.3. The standard InChI is InChI=1S/C13H8F3NO3/c1-2-11(18)17-7-3-4-8-9(13(14,15)16)6-12(19)20-10(8)5-7/h2-6H,1H2,(H,17,18). The minimum Gasteiger partial charge on any atom is -0.423 e. The molecular weight excluding hydrogens is 275 g/mol. The highest BCUT2D eigenvalue weighted by atomic mass is 19.4. The number of benzene rings is 1. The fraction of sp³-hybridized carbons (Fsp3) is 0.0769. The number of nitrogens with one attached hydrogen (secondary N) is 1. The van der Waals surface area contributed by atoms with Crippen molar-refractivity contribution in [2.45, 2.75) is 6.18 Å². The first-order valence-corrected chi connectivity index (χ1v) is 5.40. The summed E-state index contributed by atoms with van der Waals surface area (Å²) in [6, 6.07) is 3.94. The van der Waals surface area contributed by atoms with E-state index in [4.69, 9.17) is 4.42 Å². The SMILES string of the molecule is C=CC(=O)Nc1ccc2c(C(F)(F)F)cc(=O)oc2c1. The van der Waals surface area contributed by atoms with Crippen molar-refractivity contribution in [3.05, 3.63) is 52.9 Å². The summed E-state index contributed by atoms with van der Waals surface area (Å²) >= 11 is 0. The molecule has 1 aromatic heterocycles. The van der Waals surface area contributed by atoms with Crippen LogP contribution in [0.5, 0.6) is 0 Å². The number of fused-ring (bicyclic) bond motifs is 1. The van der Waals surface area contributed by atoms with Gasteiger partial charge in [0.25, 0.3) is 0 Å². The lowest BCUT2D eigenvalue weighted by Gasteiger charge is -2.10. The van der Waals surface area contributed by atoms with Crippen molar-refractivity contribution in [3.63, 3.8) is 0 Å². The molecular formula is C13H8F3NO3. The molecule has 0 aliphatic rings. The van der Waals surface area contributed by atoms with E-state index in [1.165, 1.54) is 6.07 Å². The van der Waals surface area contributed by atoms with Gasteiger partial charge in [-0.2, -0.15) is 13.2 Å². The van der Waals surface area contributed by atoms with Crippen LogP contribution in [0.25, 0.3) is 11.0 Å². The molecule has 0 aliphatic heterocycles. The van der Waals surface area contributed by atoms with Gasteiger partial charge in [0.15, 0.2) is 0 Å². The van der Waals surface area contributed by atoms with Crippen molar-refractivity contribution in [1.82, 2.24) is 0 Å². The van der Waals surface area contributed by atoms with E-state index in [-0.39, 0.29) is 16.7 Å². The van der Waals surface area contributed by atoms with Crippen molar-refractivity contribution < 1.29 is 22.4 Å². The van der Waals surface area contributed by atoms with Gasteiger partial charge in [0, 0.05) is 23.2 Å². The van der Waals surface area contributed by atoms with E-state index in [2.05, 4.69) is 11.9 Å². The van der Waals surface area contributed by atoms with Gasteiger partial charge in [-0.15, -0.1) is 0 Å². The largest absolute Gasteiger partial charge is 0.423 e. The first kappa shape index (κ1) is 13.9. The summed E-state index contributed by atoms with van der Waals surface area (Å²) in [6.45, 7) is 3.25. The molecule has 7 heteroatoms. The Morgan fingerprint density at radius 1 is 1.30 bits per heavy atom. The lowest BCUT2D eigenvalue weighted by molar-refractivity contribution is -0.136. The molecule has 0 unspecified atom stereocenters. The molecule has 0 fully saturated rings. The number of amides is 1. The molecule has 4 nitrogen and oxygen atoms in total. The molecule has 104 valence electrons. The molecule has 0 bridgehead atoms. The fourth-order valence-corrected chi connectivity index (χ4v) is 1.67. The Labute approximate surface area is 110 Å². The second-order valence-electron chi connectivity index (χ2n) is 3.88. The van der Waals surface area contributed by atoms with Crippen molar-refractivity contribution in [3.8, 4) is 0 Å². The number of anilines is 1. The summed E-state index contributed by atoms with van der Waals surface area (Å²) < 4.78 is 43.1. The molecule has 20 heavy (non-hydrogen) atoms. The fourth-order valence-electron chi connectivity index (χ4n) is 1.67. The number of hydrogen-bond acceptors (Lipinski definition) is 3. The molecule has 0 spiro atoms. The maximum atomic E-state index is 12.8. The van der Waals surface area contributed by atoms with Crippen molar-refractivity contribution in [1.29, 1.82) is 0 Å². The summed E-state index contributed by atoms with van der Waals surface area (Å²) in [6.07, 6.45) is -3.66. The molecule has 0 radical (unpaired) electrons. The molecule has 2 aromatic rings. The van der Waals surface area contributed by atoms with E-state index in [9.17, 15) is 22.8 Å². The quantitative estimate of drug-likeness (QED) is 0.681. The molecule has 0 saturated heterocycles. The second-order valence-corrected chi connectivity index (χ2v) is 3.88. The summed E-state index contributed by atoms with van der Waals surface area (Å²) in [5, 5.41) is 2.11. The zero-order valence-electron chi connectivity index (χ0n) is 9.95. The third-order valence-electron chi connectivity index (χ3n) is 2.50. The van der Waals surface area contributed by atoms with Crippen LogP contribution < -0.4 is 10.9 Å². The van der Waals surface area contributed by atoms with Crippen LogP contribution in [-0.2, 0) is 11.0 Å². The van der Waals surface area contributed by atoms with Gasteiger partial charge in [-0.3, -0.25) is 4.79 Å². The third-order valence-corrected chi connectivity index (χ3v) is 2.50. The van der Waals surface area contributed by atoms with Gasteiger partial charge in [-0.1, -0.05) is 6.58 Å². The van der Waals surface area contributed by atoms with Gasteiger partial charge in [0.1, 0.15) is 5.58 Å². The van der Waals surface area contributed by atoms with Gasteiger partial charge >= 0.3 is 11.8 Å². The third kappa shape index (κ3) is 2.71. The zero-order chi connectivity index (χ0) is 14.9. The van der Waals surface area contributed by atoms with E-state index in [0.717, 1.165) is 18.2 Å². The molecule has 0 atom stereocenters. The maximum absolute atomic E-state index is 12.8. The minimum absolute atomic E-state index is 0.199. The van der Waals surface area contributed by atoms with E-state index in [1.807, 2.05) is 0 Å². The highest BCUT2D eigenvalue weighted by Gasteiger charge is 2.33. The average molecular weight is 283 g/mol. The predicted octanol–water partition coefficient (Wildman–Crippen LogP) is 2.94. The van der Waals surface area contributed by atoms with Crippen LogP contribution >= 0.6 is 0 Å². The molecule has 2 rings (SSSR count). The number of hydrogen-bond donors (Lipinski definition) is 1. The van der Waals surface area contributed by atoms with E-state index in [0.29, 0.717) is 6.07 Å². The van der Waals surface area contributed by atoms with Crippen LogP contribution in [0.4, 0.5) is 18.9 Å². The highest BCUT2D eigenvalue weighted by molar-refractivity contribution is 6.00. The van der Waals surface area contributed by atoms with E-state index < -0.39 is 23.3 Å². The van der Waals surface area contributed by atoms with Gasteiger partial charge in [0.05, 0.1) is 5.56 Å². The number of carbonyl (C=O) groups is 1. The molecule has 0 aliphatic carbocycles. The maximum Gasteiger partial charge on any atom is 0.417 e. The Balaban J connectivity index is 2.62. The topological polar surface area (TPSA) is 59.3 Å². The minimum atomic E-state index is -4.67. The monoisotopic (exact) mass is 283 g/mol. The van der Waals surface area contributed by atoms with Crippen molar-refractivity contribution in [2.24, 2.45) is 0 Å². The number of rotatable bonds is 2. The molecule has 1 amide bonds. The predicted molar refractivity (Wildman–Crippen MR) is 66.3 cm³/mol. The lowest BCUT2D eigenvalue weighted by atomic mass is 10.1. The molecule has 0 saturated carbocycles. The first-order chi connectivity index (χ1) is 9.31. The van der Waals surface area contributed by atoms with Gasteiger partial charge in [0.2, 0.25) is 5.91 Å². The Hall–Kier alpha value is -2.57. The Morgan fingerprint density at radius 3 is 2.60 bits per heavy atom. The summed E-state index contributed by atoms with van der Waals surface area (Å²) in [5.74, 6) is -0.529.